The van der Waals surface area contributed by atoms with E-state index < -0.39 is 0 Å². The number of nitrogens with zero attached hydrogens (tertiary/aromatic N) is 1. The zero-order valence-corrected chi connectivity index (χ0v) is 12.3. The van der Waals surface area contributed by atoms with Gasteiger partial charge in [-0.2, -0.15) is 0 Å². The van der Waals surface area contributed by atoms with Crippen LogP contribution in [0.15, 0.2) is 59.2 Å². The highest BCUT2D eigenvalue weighted by Crippen LogP contribution is 2.21. The van der Waals surface area contributed by atoms with E-state index in [2.05, 4.69) is 33.0 Å². The molecule has 0 radical (unpaired) electrons. The topological polar surface area (TPSA) is 30.0 Å². The zero-order chi connectivity index (χ0) is 13.9. The van der Waals surface area contributed by atoms with Gasteiger partial charge in [0, 0.05) is 28.0 Å². The van der Waals surface area contributed by atoms with Crippen molar-refractivity contribution >= 4 is 33.0 Å². The number of aromatic nitrogens is 1. The van der Waals surface area contributed by atoms with Gasteiger partial charge < -0.3 is 0 Å². The molecule has 2 nitrogen and oxygen atoms in total. The standard InChI is InChI=1S/C17H12BrNO/c18-15-3-1-2-12(9-15)10-17-16-5-4-13(11-20)8-14(16)6-7-19-17/h1-9,11H,10H2. The molecule has 2 aromatic carbocycles. The first-order chi connectivity index (χ1) is 9.76. The lowest BCUT2D eigenvalue weighted by molar-refractivity contribution is 0.112. The van der Waals surface area contributed by atoms with Gasteiger partial charge in [0.25, 0.3) is 0 Å². The van der Waals surface area contributed by atoms with E-state index in [1.54, 1.807) is 6.20 Å². The quantitative estimate of drug-likeness (QED) is 0.668. The Hall–Kier alpha value is -2.00. The average Bonchev–Trinajstić information content (AvgIpc) is 2.47. The molecule has 0 unspecified atom stereocenters. The molecule has 98 valence electrons. The molecule has 1 aromatic heterocycles. The molecule has 0 aliphatic rings. The maximum absolute atomic E-state index is 10.8. The van der Waals surface area contributed by atoms with Crippen LogP contribution in [-0.2, 0) is 6.42 Å². The van der Waals surface area contributed by atoms with E-state index in [1.807, 2.05) is 36.4 Å². The fourth-order valence-corrected chi connectivity index (χ4v) is 2.76. The SMILES string of the molecule is O=Cc1ccc2c(Cc3cccc(Br)c3)nccc2c1. The average molecular weight is 326 g/mol. The van der Waals surface area contributed by atoms with E-state index >= 15 is 0 Å². The third kappa shape index (κ3) is 2.63. The second-order valence-electron chi connectivity index (χ2n) is 4.66. The summed E-state index contributed by atoms with van der Waals surface area (Å²) in [5.41, 5.74) is 2.92. The third-order valence-corrected chi connectivity index (χ3v) is 3.76. The minimum absolute atomic E-state index is 0.692. The summed E-state index contributed by atoms with van der Waals surface area (Å²) in [6.07, 6.45) is 3.44. The van der Waals surface area contributed by atoms with Crippen LogP contribution in [0.4, 0.5) is 0 Å². The number of benzene rings is 2. The molecule has 0 bridgehead atoms. The van der Waals surface area contributed by atoms with Gasteiger partial charge in [0.05, 0.1) is 5.69 Å². The lowest BCUT2D eigenvalue weighted by Crippen LogP contribution is -1.94. The Balaban J connectivity index is 2.05. The Labute approximate surface area is 125 Å². The summed E-state index contributed by atoms with van der Waals surface area (Å²) in [7, 11) is 0. The summed E-state index contributed by atoms with van der Waals surface area (Å²) >= 11 is 3.48. The highest BCUT2D eigenvalue weighted by molar-refractivity contribution is 9.10. The highest BCUT2D eigenvalue weighted by atomic mass is 79.9. The summed E-state index contributed by atoms with van der Waals surface area (Å²) < 4.78 is 1.07. The Morgan fingerprint density at radius 2 is 2.00 bits per heavy atom. The van der Waals surface area contributed by atoms with Crippen LogP contribution in [0.3, 0.4) is 0 Å². The second kappa shape index (κ2) is 5.55. The molecule has 3 aromatic rings. The van der Waals surface area contributed by atoms with E-state index in [9.17, 15) is 4.79 Å². The monoisotopic (exact) mass is 325 g/mol. The van der Waals surface area contributed by atoms with E-state index in [-0.39, 0.29) is 0 Å². The third-order valence-electron chi connectivity index (χ3n) is 3.27. The van der Waals surface area contributed by atoms with Crippen molar-refractivity contribution in [3.63, 3.8) is 0 Å². The molecular weight excluding hydrogens is 314 g/mol. The van der Waals surface area contributed by atoms with Crippen molar-refractivity contribution in [1.82, 2.24) is 4.98 Å². The molecule has 3 heteroatoms. The minimum Gasteiger partial charge on any atom is -0.298 e. The van der Waals surface area contributed by atoms with Crippen LogP contribution in [0.2, 0.25) is 0 Å². The van der Waals surface area contributed by atoms with Crippen molar-refractivity contribution in [2.75, 3.05) is 0 Å². The molecule has 0 saturated heterocycles. The zero-order valence-electron chi connectivity index (χ0n) is 10.7. The number of rotatable bonds is 3. The second-order valence-corrected chi connectivity index (χ2v) is 5.58. The fraction of sp³-hybridized carbons (Fsp3) is 0.0588. The molecule has 0 aliphatic heterocycles. The Bertz CT molecular complexity index is 783. The maximum atomic E-state index is 10.8. The largest absolute Gasteiger partial charge is 0.298 e. The van der Waals surface area contributed by atoms with Gasteiger partial charge in [0.2, 0.25) is 0 Å². The van der Waals surface area contributed by atoms with Crippen molar-refractivity contribution in [2.45, 2.75) is 6.42 Å². The van der Waals surface area contributed by atoms with Crippen LogP contribution in [0.25, 0.3) is 10.8 Å². The summed E-state index contributed by atoms with van der Waals surface area (Å²) in [6, 6.07) is 15.9. The number of hydrogen-bond donors (Lipinski definition) is 0. The van der Waals surface area contributed by atoms with Crippen LogP contribution < -0.4 is 0 Å². The molecule has 1 heterocycles. The van der Waals surface area contributed by atoms with Crippen LogP contribution in [-0.4, -0.2) is 11.3 Å². The van der Waals surface area contributed by atoms with Crippen molar-refractivity contribution < 1.29 is 4.79 Å². The van der Waals surface area contributed by atoms with Crippen LogP contribution in [0.1, 0.15) is 21.6 Å². The van der Waals surface area contributed by atoms with Gasteiger partial charge in [-0.3, -0.25) is 9.78 Å². The minimum atomic E-state index is 0.692. The number of pyridine rings is 1. The Morgan fingerprint density at radius 1 is 1.10 bits per heavy atom. The lowest BCUT2D eigenvalue weighted by atomic mass is 10.0. The fourth-order valence-electron chi connectivity index (χ4n) is 2.31. The predicted octanol–water partition coefficient (Wildman–Crippen LogP) is 4.40. The highest BCUT2D eigenvalue weighted by Gasteiger charge is 2.05. The van der Waals surface area contributed by atoms with Gasteiger partial charge in [0.1, 0.15) is 6.29 Å². The van der Waals surface area contributed by atoms with E-state index in [0.717, 1.165) is 33.6 Å². The predicted molar refractivity (Wildman–Crippen MR) is 84.1 cm³/mol. The van der Waals surface area contributed by atoms with Crippen LogP contribution >= 0.6 is 15.9 Å². The summed E-state index contributed by atoms with van der Waals surface area (Å²) in [6.45, 7) is 0. The van der Waals surface area contributed by atoms with Crippen LogP contribution in [0, 0.1) is 0 Å². The molecule has 0 saturated carbocycles. The number of carbonyl (C=O) groups excluding carboxylic acids is 1. The molecular formula is C17H12BrNO. The van der Waals surface area contributed by atoms with E-state index in [4.69, 9.17) is 0 Å². The molecule has 0 amide bonds. The van der Waals surface area contributed by atoms with Gasteiger partial charge in [-0.05, 0) is 35.2 Å². The molecule has 0 atom stereocenters. The van der Waals surface area contributed by atoms with Gasteiger partial charge in [-0.15, -0.1) is 0 Å². The maximum Gasteiger partial charge on any atom is 0.150 e. The van der Waals surface area contributed by atoms with Crippen LogP contribution in [0.5, 0.6) is 0 Å². The first-order valence-corrected chi connectivity index (χ1v) is 7.13. The Morgan fingerprint density at radius 3 is 2.80 bits per heavy atom. The lowest BCUT2D eigenvalue weighted by Gasteiger charge is -2.06. The molecule has 0 spiro atoms. The normalized spacial score (nSPS) is 10.7. The van der Waals surface area contributed by atoms with Gasteiger partial charge >= 0.3 is 0 Å². The van der Waals surface area contributed by atoms with Gasteiger partial charge in [0.15, 0.2) is 0 Å². The van der Waals surface area contributed by atoms with Gasteiger partial charge in [-0.1, -0.05) is 40.2 Å². The number of aldehydes is 1. The van der Waals surface area contributed by atoms with E-state index in [0.29, 0.717) is 5.56 Å². The van der Waals surface area contributed by atoms with E-state index in [1.165, 1.54) is 5.56 Å². The molecule has 0 aliphatic carbocycles. The number of carbonyl (C=O) groups is 1. The molecule has 20 heavy (non-hydrogen) atoms. The summed E-state index contributed by atoms with van der Waals surface area (Å²) in [5, 5.41) is 2.15. The smallest absolute Gasteiger partial charge is 0.150 e. The van der Waals surface area contributed by atoms with Gasteiger partial charge in [-0.25, -0.2) is 0 Å². The summed E-state index contributed by atoms with van der Waals surface area (Å²) in [5.74, 6) is 0. The number of fused-ring (bicyclic) bond motifs is 1. The van der Waals surface area contributed by atoms with Crippen molar-refractivity contribution in [3.05, 3.63) is 76.0 Å². The summed E-state index contributed by atoms with van der Waals surface area (Å²) in [4.78, 5) is 15.3. The molecule has 0 fully saturated rings. The van der Waals surface area contributed by atoms with Crippen molar-refractivity contribution in [1.29, 1.82) is 0 Å². The molecule has 0 N–H and O–H groups in total. The van der Waals surface area contributed by atoms with Crippen molar-refractivity contribution in [2.24, 2.45) is 0 Å². The first kappa shape index (κ1) is 13.0. The number of hydrogen-bond acceptors (Lipinski definition) is 2. The molecule has 3 rings (SSSR count). The number of halogens is 1. The van der Waals surface area contributed by atoms with Crippen molar-refractivity contribution in [3.8, 4) is 0 Å². The Kier molecular flexibility index (Phi) is 3.61. The first-order valence-electron chi connectivity index (χ1n) is 6.33.